The Kier molecular flexibility index (Phi) is 3.69. The quantitative estimate of drug-likeness (QED) is 0.792. The van der Waals surface area contributed by atoms with Crippen molar-refractivity contribution in [2.45, 2.75) is 23.6 Å². The van der Waals surface area contributed by atoms with Crippen molar-refractivity contribution in [1.82, 2.24) is 0 Å². The highest BCUT2D eigenvalue weighted by Gasteiger charge is 2.10. The number of nitrogens with zero attached hydrogens (tertiary/aromatic N) is 1. The molecule has 0 N–H and O–H groups in total. The maximum atomic E-state index is 13.5. The molecule has 0 aliphatic carbocycles. The summed E-state index contributed by atoms with van der Waals surface area (Å²) in [6, 6.07) is 12.7. The number of nitriles is 1. The third-order valence-electron chi connectivity index (χ3n) is 2.64. The van der Waals surface area contributed by atoms with Gasteiger partial charge in [-0.1, -0.05) is 35.5 Å². The van der Waals surface area contributed by atoms with E-state index < -0.39 is 5.82 Å². The summed E-state index contributed by atoms with van der Waals surface area (Å²) in [5.41, 5.74) is 2.44. The fourth-order valence-electron chi connectivity index (χ4n) is 1.73. The summed E-state index contributed by atoms with van der Waals surface area (Å²) < 4.78 is 13.5. The second kappa shape index (κ2) is 5.24. The average molecular weight is 257 g/mol. The summed E-state index contributed by atoms with van der Waals surface area (Å²) in [7, 11) is 0. The van der Waals surface area contributed by atoms with Gasteiger partial charge < -0.3 is 0 Å². The SMILES string of the molecule is Cc1ccc(Sc2cccc(F)c2C#N)c(C)c1. The van der Waals surface area contributed by atoms with Gasteiger partial charge in [-0.2, -0.15) is 5.26 Å². The Hall–Kier alpha value is -1.79. The van der Waals surface area contributed by atoms with E-state index in [1.807, 2.05) is 32.0 Å². The van der Waals surface area contributed by atoms with Crippen LogP contribution in [0.5, 0.6) is 0 Å². The van der Waals surface area contributed by atoms with Crippen LogP contribution in [-0.2, 0) is 0 Å². The van der Waals surface area contributed by atoms with Crippen molar-refractivity contribution >= 4 is 11.8 Å². The van der Waals surface area contributed by atoms with Gasteiger partial charge in [0.2, 0.25) is 0 Å². The van der Waals surface area contributed by atoms with E-state index >= 15 is 0 Å². The molecule has 0 fully saturated rings. The molecule has 0 bridgehead atoms. The highest BCUT2D eigenvalue weighted by molar-refractivity contribution is 7.99. The lowest BCUT2D eigenvalue weighted by atomic mass is 10.2. The first kappa shape index (κ1) is 12.7. The van der Waals surface area contributed by atoms with Crippen LogP contribution >= 0.6 is 11.8 Å². The number of rotatable bonds is 2. The second-order valence-electron chi connectivity index (χ2n) is 4.10. The molecule has 0 aliphatic rings. The van der Waals surface area contributed by atoms with Gasteiger partial charge in [0.15, 0.2) is 0 Å². The molecule has 2 rings (SSSR count). The molecule has 0 atom stereocenters. The third kappa shape index (κ3) is 2.55. The topological polar surface area (TPSA) is 23.8 Å². The van der Waals surface area contributed by atoms with E-state index in [0.29, 0.717) is 4.90 Å². The Morgan fingerprint density at radius 3 is 2.56 bits per heavy atom. The summed E-state index contributed by atoms with van der Waals surface area (Å²) in [4.78, 5) is 1.70. The van der Waals surface area contributed by atoms with Crippen LogP contribution in [0.1, 0.15) is 16.7 Å². The lowest BCUT2D eigenvalue weighted by Gasteiger charge is -2.08. The first-order valence-corrected chi connectivity index (χ1v) is 6.37. The molecule has 0 heterocycles. The van der Waals surface area contributed by atoms with Gasteiger partial charge in [-0.25, -0.2) is 4.39 Å². The molecule has 0 amide bonds. The largest absolute Gasteiger partial charge is 0.206 e. The van der Waals surface area contributed by atoms with E-state index in [9.17, 15) is 4.39 Å². The van der Waals surface area contributed by atoms with Crippen molar-refractivity contribution in [3.63, 3.8) is 0 Å². The van der Waals surface area contributed by atoms with E-state index in [1.54, 1.807) is 12.1 Å². The molecule has 0 saturated heterocycles. The second-order valence-corrected chi connectivity index (χ2v) is 5.18. The highest BCUT2D eigenvalue weighted by atomic mass is 32.2. The Morgan fingerprint density at radius 2 is 1.89 bits per heavy atom. The van der Waals surface area contributed by atoms with Gasteiger partial charge in [0.05, 0.1) is 0 Å². The van der Waals surface area contributed by atoms with Crippen molar-refractivity contribution in [3.8, 4) is 6.07 Å². The molecule has 0 aromatic heterocycles. The van der Waals surface area contributed by atoms with Gasteiger partial charge in [0.1, 0.15) is 17.4 Å². The summed E-state index contributed by atoms with van der Waals surface area (Å²) in [5.74, 6) is -0.465. The lowest BCUT2D eigenvalue weighted by molar-refractivity contribution is 0.620. The Balaban J connectivity index is 2.41. The van der Waals surface area contributed by atoms with Crippen LogP contribution in [0, 0.1) is 31.0 Å². The molecule has 0 unspecified atom stereocenters. The predicted octanol–water partition coefficient (Wildman–Crippen LogP) is 4.47. The number of hydrogen-bond donors (Lipinski definition) is 0. The Bertz CT molecular complexity index is 629. The molecule has 0 aliphatic heterocycles. The minimum Gasteiger partial charge on any atom is -0.206 e. The molecule has 0 saturated carbocycles. The smallest absolute Gasteiger partial charge is 0.142 e. The summed E-state index contributed by atoms with van der Waals surface area (Å²) in [6.07, 6.45) is 0. The molecular formula is C15H12FNS. The van der Waals surface area contributed by atoms with E-state index in [0.717, 1.165) is 10.5 Å². The van der Waals surface area contributed by atoms with Crippen molar-refractivity contribution in [2.24, 2.45) is 0 Å². The highest BCUT2D eigenvalue weighted by Crippen LogP contribution is 2.33. The Labute approximate surface area is 110 Å². The average Bonchev–Trinajstić information content (AvgIpc) is 2.33. The number of aryl methyl sites for hydroxylation is 2. The van der Waals surface area contributed by atoms with Crippen LogP contribution in [0.15, 0.2) is 46.2 Å². The predicted molar refractivity (Wildman–Crippen MR) is 71.2 cm³/mol. The van der Waals surface area contributed by atoms with Crippen LogP contribution in [0.4, 0.5) is 4.39 Å². The van der Waals surface area contributed by atoms with Gasteiger partial charge in [-0.3, -0.25) is 0 Å². The molecule has 18 heavy (non-hydrogen) atoms. The van der Waals surface area contributed by atoms with Gasteiger partial charge >= 0.3 is 0 Å². The number of hydrogen-bond acceptors (Lipinski definition) is 2. The van der Waals surface area contributed by atoms with Crippen LogP contribution in [0.2, 0.25) is 0 Å². The van der Waals surface area contributed by atoms with E-state index in [-0.39, 0.29) is 5.56 Å². The molecule has 0 radical (unpaired) electrons. The van der Waals surface area contributed by atoms with Crippen LogP contribution < -0.4 is 0 Å². The summed E-state index contributed by atoms with van der Waals surface area (Å²) in [5, 5.41) is 8.99. The summed E-state index contributed by atoms with van der Waals surface area (Å²) in [6.45, 7) is 4.05. The van der Waals surface area contributed by atoms with Crippen LogP contribution in [-0.4, -0.2) is 0 Å². The molecule has 2 aromatic carbocycles. The molecule has 0 spiro atoms. The van der Waals surface area contributed by atoms with Gasteiger partial charge in [-0.05, 0) is 37.6 Å². The van der Waals surface area contributed by atoms with Crippen molar-refractivity contribution in [2.75, 3.05) is 0 Å². The third-order valence-corrected chi connectivity index (χ3v) is 3.88. The standard InChI is InChI=1S/C15H12FNS/c1-10-6-7-14(11(2)8-10)18-15-5-3-4-13(16)12(15)9-17/h3-8H,1-2H3. The fraction of sp³-hybridized carbons (Fsp3) is 0.133. The van der Waals surface area contributed by atoms with Crippen molar-refractivity contribution in [3.05, 3.63) is 58.9 Å². The van der Waals surface area contributed by atoms with Gasteiger partial charge in [0.25, 0.3) is 0 Å². The molecule has 1 nitrogen and oxygen atoms in total. The zero-order chi connectivity index (χ0) is 13.1. The first-order chi connectivity index (χ1) is 8.61. The molecule has 2 aromatic rings. The fourth-order valence-corrected chi connectivity index (χ4v) is 2.71. The molecular weight excluding hydrogens is 245 g/mol. The van der Waals surface area contributed by atoms with E-state index in [2.05, 4.69) is 6.07 Å². The Morgan fingerprint density at radius 1 is 1.11 bits per heavy atom. The summed E-state index contributed by atoms with van der Waals surface area (Å²) >= 11 is 1.43. The maximum Gasteiger partial charge on any atom is 0.142 e. The lowest BCUT2D eigenvalue weighted by Crippen LogP contribution is -1.88. The van der Waals surface area contributed by atoms with Gasteiger partial charge in [-0.15, -0.1) is 0 Å². The number of halogens is 1. The van der Waals surface area contributed by atoms with E-state index in [4.69, 9.17) is 5.26 Å². The zero-order valence-electron chi connectivity index (χ0n) is 10.2. The molecule has 3 heteroatoms. The van der Waals surface area contributed by atoms with Crippen LogP contribution in [0.25, 0.3) is 0 Å². The monoisotopic (exact) mass is 257 g/mol. The van der Waals surface area contributed by atoms with Crippen LogP contribution in [0.3, 0.4) is 0 Å². The minimum absolute atomic E-state index is 0.113. The number of benzene rings is 2. The molecule has 90 valence electrons. The van der Waals surface area contributed by atoms with Gasteiger partial charge in [0, 0.05) is 9.79 Å². The van der Waals surface area contributed by atoms with E-state index in [1.165, 1.54) is 23.4 Å². The zero-order valence-corrected chi connectivity index (χ0v) is 11.0. The van der Waals surface area contributed by atoms with Crippen molar-refractivity contribution in [1.29, 1.82) is 5.26 Å². The normalized spacial score (nSPS) is 10.1. The maximum absolute atomic E-state index is 13.5. The minimum atomic E-state index is -0.465. The van der Waals surface area contributed by atoms with Crippen molar-refractivity contribution < 1.29 is 4.39 Å². The first-order valence-electron chi connectivity index (χ1n) is 5.55.